The number of hydrogen-bond donors (Lipinski definition) is 0. The Bertz CT molecular complexity index is 197. The van der Waals surface area contributed by atoms with Gasteiger partial charge in [-0.2, -0.15) is 10.5 Å². The average molecular weight is 152 g/mol. The van der Waals surface area contributed by atoms with E-state index in [1.165, 1.54) is 0 Å². The standard InChI is InChI=1S/C7H8N2O2/c8-2-1-6(5-9)7-10-3-4-11-7/h6-7H,1,3-4H2/t6-/m0/s1. The zero-order valence-electron chi connectivity index (χ0n) is 5.99. The Balaban J connectivity index is 2.43. The van der Waals surface area contributed by atoms with Gasteiger partial charge in [0.25, 0.3) is 0 Å². The summed E-state index contributed by atoms with van der Waals surface area (Å²) in [6.45, 7) is 1.04. The summed E-state index contributed by atoms with van der Waals surface area (Å²) in [7, 11) is 0. The molecule has 0 aliphatic carbocycles. The van der Waals surface area contributed by atoms with Crippen LogP contribution in [0.3, 0.4) is 0 Å². The van der Waals surface area contributed by atoms with Crippen molar-refractivity contribution in [2.75, 3.05) is 13.2 Å². The van der Waals surface area contributed by atoms with Crippen LogP contribution in [-0.2, 0) is 9.47 Å². The van der Waals surface area contributed by atoms with Crippen molar-refractivity contribution in [3.05, 3.63) is 0 Å². The second-order valence-corrected chi connectivity index (χ2v) is 2.21. The summed E-state index contributed by atoms with van der Waals surface area (Å²) in [5.74, 6) is -0.442. The van der Waals surface area contributed by atoms with Crippen molar-refractivity contribution in [2.45, 2.75) is 12.7 Å². The Morgan fingerprint density at radius 2 is 2.00 bits per heavy atom. The molecule has 0 spiro atoms. The molecule has 0 aromatic heterocycles. The van der Waals surface area contributed by atoms with Crippen molar-refractivity contribution in [2.24, 2.45) is 5.92 Å². The first-order valence-corrected chi connectivity index (χ1v) is 3.38. The maximum absolute atomic E-state index is 8.56. The molecule has 4 nitrogen and oxygen atoms in total. The molecular formula is C7H8N2O2. The van der Waals surface area contributed by atoms with Crippen LogP contribution >= 0.6 is 0 Å². The Morgan fingerprint density at radius 3 is 2.45 bits per heavy atom. The molecule has 0 bridgehead atoms. The molecule has 0 aromatic carbocycles. The van der Waals surface area contributed by atoms with Gasteiger partial charge in [-0.25, -0.2) is 0 Å². The van der Waals surface area contributed by atoms with E-state index < -0.39 is 12.2 Å². The monoisotopic (exact) mass is 152 g/mol. The van der Waals surface area contributed by atoms with E-state index in [2.05, 4.69) is 0 Å². The van der Waals surface area contributed by atoms with Gasteiger partial charge >= 0.3 is 0 Å². The third-order valence-electron chi connectivity index (χ3n) is 1.45. The molecule has 0 radical (unpaired) electrons. The van der Waals surface area contributed by atoms with Gasteiger partial charge in [0.15, 0.2) is 6.29 Å². The van der Waals surface area contributed by atoms with E-state index in [4.69, 9.17) is 20.0 Å². The summed E-state index contributed by atoms with van der Waals surface area (Å²) in [6, 6.07) is 3.89. The van der Waals surface area contributed by atoms with Gasteiger partial charge in [0.1, 0.15) is 5.92 Å². The van der Waals surface area contributed by atoms with Crippen LogP contribution in [0.15, 0.2) is 0 Å². The van der Waals surface area contributed by atoms with Crippen LogP contribution in [0.25, 0.3) is 0 Å². The van der Waals surface area contributed by atoms with Crippen molar-refractivity contribution >= 4 is 0 Å². The van der Waals surface area contributed by atoms with Crippen molar-refractivity contribution in [3.63, 3.8) is 0 Å². The Labute approximate surface area is 64.9 Å². The van der Waals surface area contributed by atoms with E-state index in [0.717, 1.165) is 0 Å². The summed E-state index contributed by atoms with van der Waals surface area (Å²) in [5, 5.41) is 16.9. The number of rotatable bonds is 2. The molecular weight excluding hydrogens is 144 g/mol. The van der Waals surface area contributed by atoms with E-state index in [1.807, 2.05) is 12.1 Å². The lowest BCUT2D eigenvalue weighted by atomic mass is 10.1. The topological polar surface area (TPSA) is 66.0 Å². The minimum absolute atomic E-state index is 0.168. The molecule has 4 heteroatoms. The minimum atomic E-state index is -0.486. The van der Waals surface area contributed by atoms with E-state index >= 15 is 0 Å². The van der Waals surface area contributed by atoms with Gasteiger partial charge in [0.2, 0.25) is 0 Å². The summed E-state index contributed by atoms with van der Waals surface area (Å²) >= 11 is 0. The molecule has 1 fully saturated rings. The fourth-order valence-corrected chi connectivity index (χ4v) is 0.910. The van der Waals surface area contributed by atoms with Gasteiger partial charge in [0, 0.05) is 0 Å². The maximum Gasteiger partial charge on any atom is 0.174 e. The number of nitriles is 2. The first-order valence-electron chi connectivity index (χ1n) is 3.38. The van der Waals surface area contributed by atoms with Crippen LogP contribution in [0.1, 0.15) is 6.42 Å². The molecule has 1 aliphatic rings. The second-order valence-electron chi connectivity index (χ2n) is 2.21. The van der Waals surface area contributed by atoms with Crippen LogP contribution in [0.4, 0.5) is 0 Å². The molecule has 1 atom stereocenters. The molecule has 1 saturated heterocycles. The van der Waals surface area contributed by atoms with Crippen molar-refractivity contribution in [1.82, 2.24) is 0 Å². The molecule has 0 aromatic rings. The molecule has 1 aliphatic heterocycles. The highest BCUT2D eigenvalue weighted by molar-refractivity contribution is 4.92. The van der Waals surface area contributed by atoms with Crippen LogP contribution < -0.4 is 0 Å². The molecule has 0 amide bonds. The van der Waals surface area contributed by atoms with E-state index in [-0.39, 0.29) is 6.42 Å². The Morgan fingerprint density at radius 1 is 1.36 bits per heavy atom. The van der Waals surface area contributed by atoms with Gasteiger partial charge in [0.05, 0.1) is 31.8 Å². The quantitative estimate of drug-likeness (QED) is 0.574. The lowest BCUT2D eigenvalue weighted by Gasteiger charge is -2.11. The van der Waals surface area contributed by atoms with Crippen molar-refractivity contribution < 1.29 is 9.47 Å². The van der Waals surface area contributed by atoms with Gasteiger partial charge in [-0.15, -0.1) is 0 Å². The SMILES string of the molecule is N#CC[C@@H](C#N)C1OCCO1. The molecule has 1 rings (SSSR count). The fraction of sp³-hybridized carbons (Fsp3) is 0.714. The predicted octanol–water partition coefficient (Wildman–Crippen LogP) is 0.413. The summed E-state index contributed by atoms with van der Waals surface area (Å²) in [4.78, 5) is 0. The largest absolute Gasteiger partial charge is 0.349 e. The first-order chi connectivity index (χ1) is 5.38. The first kappa shape index (κ1) is 8.00. The van der Waals surface area contributed by atoms with Crippen LogP contribution in [0, 0.1) is 28.6 Å². The normalized spacial score (nSPS) is 20.5. The molecule has 11 heavy (non-hydrogen) atoms. The summed E-state index contributed by atoms with van der Waals surface area (Å²) in [5.41, 5.74) is 0. The van der Waals surface area contributed by atoms with Crippen LogP contribution in [-0.4, -0.2) is 19.5 Å². The van der Waals surface area contributed by atoms with Crippen LogP contribution in [0.5, 0.6) is 0 Å². The molecule has 0 saturated carbocycles. The summed E-state index contributed by atoms with van der Waals surface area (Å²) in [6.07, 6.45) is -0.319. The van der Waals surface area contributed by atoms with E-state index in [0.29, 0.717) is 13.2 Å². The smallest absolute Gasteiger partial charge is 0.174 e. The third-order valence-corrected chi connectivity index (χ3v) is 1.45. The summed E-state index contributed by atoms with van der Waals surface area (Å²) < 4.78 is 10.1. The van der Waals surface area contributed by atoms with Gasteiger partial charge < -0.3 is 9.47 Å². The number of nitrogens with zero attached hydrogens (tertiary/aromatic N) is 2. The lowest BCUT2D eigenvalue weighted by Crippen LogP contribution is -2.19. The Kier molecular flexibility index (Phi) is 2.85. The third kappa shape index (κ3) is 1.91. The van der Waals surface area contributed by atoms with Gasteiger partial charge in [-0.05, 0) is 0 Å². The fourth-order valence-electron chi connectivity index (χ4n) is 0.910. The van der Waals surface area contributed by atoms with E-state index in [1.54, 1.807) is 0 Å². The molecule has 0 N–H and O–H groups in total. The second kappa shape index (κ2) is 3.92. The van der Waals surface area contributed by atoms with Gasteiger partial charge in [-0.3, -0.25) is 0 Å². The van der Waals surface area contributed by atoms with Crippen molar-refractivity contribution in [3.8, 4) is 12.1 Å². The molecule has 58 valence electrons. The highest BCUT2D eigenvalue weighted by Crippen LogP contribution is 2.16. The minimum Gasteiger partial charge on any atom is -0.349 e. The molecule has 1 heterocycles. The maximum atomic E-state index is 8.56. The zero-order chi connectivity index (χ0) is 8.10. The van der Waals surface area contributed by atoms with Gasteiger partial charge in [-0.1, -0.05) is 0 Å². The van der Waals surface area contributed by atoms with Crippen molar-refractivity contribution in [1.29, 1.82) is 10.5 Å². The van der Waals surface area contributed by atoms with E-state index in [9.17, 15) is 0 Å². The highest BCUT2D eigenvalue weighted by atomic mass is 16.7. The Hall–Kier alpha value is -1.10. The lowest BCUT2D eigenvalue weighted by molar-refractivity contribution is -0.0670. The number of ether oxygens (including phenoxy) is 2. The predicted molar refractivity (Wildman–Crippen MR) is 35.0 cm³/mol. The highest BCUT2D eigenvalue weighted by Gasteiger charge is 2.26. The average Bonchev–Trinajstić information content (AvgIpc) is 2.52. The number of hydrogen-bond acceptors (Lipinski definition) is 4. The molecule has 0 unspecified atom stereocenters. The zero-order valence-corrected chi connectivity index (χ0v) is 5.99. The van der Waals surface area contributed by atoms with Crippen LogP contribution in [0.2, 0.25) is 0 Å².